The summed E-state index contributed by atoms with van der Waals surface area (Å²) in [7, 11) is -3.53. The zero-order valence-corrected chi connectivity index (χ0v) is 16.5. The molecule has 1 aromatic carbocycles. The molecule has 6 nitrogen and oxygen atoms in total. The molecule has 0 radical (unpaired) electrons. The normalized spacial score (nSPS) is 20.2. The average molecular weight is 393 g/mol. The third kappa shape index (κ3) is 4.36. The van der Waals surface area contributed by atoms with Crippen LogP contribution in [0, 0.1) is 5.92 Å². The molecule has 1 amide bonds. The van der Waals surface area contributed by atoms with Crippen LogP contribution in [0.4, 0.5) is 5.69 Å². The predicted octanol–water partition coefficient (Wildman–Crippen LogP) is 2.61. The highest BCUT2D eigenvalue weighted by Crippen LogP contribution is 2.37. The van der Waals surface area contributed by atoms with Gasteiger partial charge in [-0.25, -0.2) is 13.1 Å². The van der Waals surface area contributed by atoms with E-state index in [2.05, 4.69) is 4.72 Å². The van der Waals surface area contributed by atoms with E-state index in [1.165, 1.54) is 12.8 Å². The molecule has 0 bridgehead atoms. The summed E-state index contributed by atoms with van der Waals surface area (Å²) in [5, 5.41) is 0. The molecule has 0 spiro atoms. The van der Waals surface area contributed by atoms with Gasteiger partial charge in [-0.2, -0.15) is 0 Å². The Labute approximate surface area is 161 Å². The van der Waals surface area contributed by atoms with E-state index in [1.807, 2.05) is 4.90 Å². The number of anilines is 1. The second-order valence-corrected chi connectivity index (χ2v) is 9.60. The molecule has 0 unspecified atom stereocenters. The van der Waals surface area contributed by atoms with Crippen molar-refractivity contribution in [1.29, 1.82) is 0 Å². The first-order chi connectivity index (χ1) is 13.0. The molecule has 4 rings (SSSR count). The average Bonchev–Trinajstić information content (AvgIpc) is 3.21. The number of amides is 1. The van der Waals surface area contributed by atoms with E-state index >= 15 is 0 Å². The van der Waals surface area contributed by atoms with E-state index in [1.54, 1.807) is 18.2 Å². The lowest BCUT2D eigenvalue weighted by atomic mass is 10.2. The van der Waals surface area contributed by atoms with Crippen LogP contribution in [0.2, 0.25) is 0 Å². The summed E-state index contributed by atoms with van der Waals surface area (Å²) in [4.78, 5) is 14.4. The lowest BCUT2D eigenvalue weighted by molar-refractivity contribution is -0.119. The lowest BCUT2D eigenvalue weighted by Gasteiger charge is -2.17. The zero-order valence-electron chi connectivity index (χ0n) is 15.7. The second kappa shape index (κ2) is 7.89. The molecule has 2 saturated carbocycles. The first-order valence-corrected chi connectivity index (χ1v) is 11.6. The minimum atomic E-state index is -3.53. The number of nitrogens with zero attached hydrogens (tertiary/aromatic N) is 1. The number of carbonyl (C=O) groups is 1. The fourth-order valence-electron chi connectivity index (χ4n) is 3.99. The fraction of sp³-hybridized carbons (Fsp3) is 0.650. The minimum Gasteiger partial charge on any atom is -0.378 e. The fourth-order valence-corrected chi connectivity index (χ4v) is 5.12. The third-order valence-electron chi connectivity index (χ3n) is 5.72. The molecule has 1 aromatic rings. The Morgan fingerprint density at radius 3 is 2.70 bits per heavy atom. The highest BCUT2D eigenvalue weighted by Gasteiger charge is 2.36. The monoisotopic (exact) mass is 392 g/mol. The Kier molecular flexibility index (Phi) is 5.53. The van der Waals surface area contributed by atoms with Crippen LogP contribution in [-0.4, -0.2) is 40.1 Å². The van der Waals surface area contributed by atoms with Crippen molar-refractivity contribution in [3.63, 3.8) is 0 Å². The summed E-state index contributed by atoms with van der Waals surface area (Å²) in [6.07, 6.45) is 8.42. The van der Waals surface area contributed by atoms with Gasteiger partial charge < -0.3 is 9.64 Å². The van der Waals surface area contributed by atoms with Crippen LogP contribution < -0.4 is 9.62 Å². The molecule has 27 heavy (non-hydrogen) atoms. The van der Waals surface area contributed by atoms with Crippen molar-refractivity contribution in [3.8, 4) is 0 Å². The van der Waals surface area contributed by atoms with Crippen molar-refractivity contribution >= 4 is 21.6 Å². The quantitative estimate of drug-likeness (QED) is 0.690. The van der Waals surface area contributed by atoms with E-state index in [4.69, 9.17) is 4.74 Å². The number of hydrogen-bond donors (Lipinski definition) is 1. The van der Waals surface area contributed by atoms with E-state index in [9.17, 15) is 13.2 Å². The van der Waals surface area contributed by atoms with Gasteiger partial charge in [-0.05, 0) is 62.3 Å². The zero-order chi connectivity index (χ0) is 18.9. The van der Waals surface area contributed by atoms with Crippen LogP contribution in [0.3, 0.4) is 0 Å². The van der Waals surface area contributed by atoms with Crippen molar-refractivity contribution in [2.45, 2.75) is 62.4 Å². The Morgan fingerprint density at radius 1 is 1.19 bits per heavy atom. The van der Waals surface area contributed by atoms with Crippen LogP contribution in [0.15, 0.2) is 23.1 Å². The topological polar surface area (TPSA) is 75.7 Å². The van der Waals surface area contributed by atoms with Gasteiger partial charge in [-0.1, -0.05) is 12.8 Å². The van der Waals surface area contributed by atoms with Gasteiger partial charge in [0.15, 0.2) is 0 Å². The van der Waals surface area contributed by atoms with Crippen LogP contribution in [0.1, 0.15) is 50.5 Å². The molecule has 3 aliphatic rings. The van der Waals surface area contributed by atoms with Crippen molar-refractivity contribution < 1.29 is 17.9 Å². The summed E-state index contributed by atoms with van der Waals surface area (Å²) in [6, 6.07) is 5.10. The van der Waals surface area contributed by atoms with Gasteiger partial charge in [0, 0.05) is 31.3 Å². The number of benzene rings is 1. The second-order valence-electron chi connectivity index (χ2n) is 7.83. The molecule has 1 N–H and O–H groups in total. The van der Waals surface area contributed by atoms with Gasteiger partial charge in [-0.3, -0.25) is 4.79 Å². The predicted molar refractivity (Wildman–Crippen MR) is 103 cm³/mol. The van der Waals surface area contributed by atoms with E-state index < -0.39 is 10.0 Å². The Bertz CT molecular complexity index is 798. The Morgan fingerprint density at radius 2 is 1.96 bits per heavy atom. The van der Waals surface area contributed by atoms with Gasteiger partial charge in [0.2, 0.25) is 15.9 Å². The molecule has 0 atom stereocenters. The van der Waals surface area contributed by atoms with Crippen LogP contribution in [0.25, 0.3) is 0 Å². The first kappa shape index (κ1) is 18.9. The summed E-state index contributed by atoms with van der Waals surface area (Å²) >= 11 is 0. The SMILES string of the molecule is O=C(C1CC1)N1CCc2cc(S(=O)(=O)NCCCOC3CCCC3)ccc21. The summed E-state index contributed by atoms with van der Waals surface area (Å²) in [5.74, 6) is 0.359. The number of sulfonamides is 1. The van der Waals surface area contributed by atoms with Crippen molar-refractivity contribution in [1.82, 2.24) is 4.72 Å². The lowest BCUT2D eigenvalue weighted by Crippen LogP contribution is -2.30. The number of fused-ring (bicyclic) bond motifs is 1. The van der Waals surface area contributed by atoms with Gasteiger partial charge in [0.1, 0.15) is 0 Å². The third-order valence-corrected chi connectivity index (χ3v) is 7.18. The van der Waals surface area contributed by atoms with Gasteiger partial charge in [-0.15, -0.1) is 0 Å². The summed E-state index contributed by atoms with van der Waals surface area (Å²) in [5.41, 5.74) is 1.81. The van der Waals surface area contributed by atoms with E-state index in [-0.39, 0.29) is 16.7 Å². The van der Waals surface area contributed by atoms with Crippen LogP contribution in [-0.2, 0) is 26.0 Å². The molecule has 1 aliphatic heterocycles. The van der Waals surface area contributed by atoms with Crippen molar-refractivity contribution in [2.75, 3.05) is 24.6 Å². The number of carbonyl (C=O) groups excluding carboxylic acids is 1. The van der Waals surface area contributed by atoms with Gasteiger partial charge >= 0.3 is 0 Å². The van der Waals surface area contributed by atoms with Crippen LogP contribution in [0.5, 0.6) is 0 Å². The minimum absolute atomic E-state index is 0.174. The summed E-state index contributed by atoms with van der Waals surface area (Å²) < 4.78 is 33.5. The number of hydrogen-bond acceptors (Lipinski definition) is 4. The molecule has 2 fully saturated rings. The van der Waals surface area contributed by atoms with Crippen molar-refractivity contribution in [2.24, 2.45) is 5.92 Å². The highest BCUT2D eigenvalue weighted by molar-refractivity contribution is 7.89. The van der Waals surface area contributed by atoms with Gasteiger partial charge in [0.05, 0.1) is 11.0 Å². The van der Waals surface area contributed by atoms with E-state index in [0.29, 0.717) is 38.6 Å². The highest BCUT2D eigenvalue weighted by atomic mass is 32.2. The van der Waals surface area contributed by atoms with Crippen molar-refractivity contribution in [3.05, 3.63) is 23.8 Å². The Balaban J connectivity index is 1.31. The number of nitrogens with one attached hydrogen (secondary N) is 1. The number of ether oxygens (including phenoxy) is 1. The summed E-state index contributed by atoms with van der Waals surface area (Å²) in [6.45, 7) is 1.62. The van der Waals surface area contributed by atoms with Crippen LogP contribution >= 0.6 is 0 Å². The molecule has 2 aliphatic carbocycles. The molecule has 0 aromatic heterocycles. The first-order valence-electron chi connectivity index (χ1n) is 10.1. The molecular formula is C20H28N2O4S. The van der Waals surface area contributed by atoms with E-state index in [0.717, 1.165) is 36.9 Å². The molecule has 1 heterocycles. The maximum atomic E-state index is 12.6. The largest absolute Gasteiger partial charge is 0.378 e. The standard InChI is InChI=1S/C20H28N2O4S/c23-20(15-6-7-15)22-12-10-16-14-18(8-9-19(16)22)27(24,25)21-11-3-13-26-17-4-1-2-5-17/h8-9,14-15,17,21H,1-7,10-13H2. The number of rotatable bonds is 8. The van der Waals surface area contributed by atoms with Gasteiger partial charge in [0.25, 0.3) is 0 Å². The maximum absolute atomic E-state index is 12.6. The molecule has 0 saturated heterocycles. The molecule has 148 valence electrons. The molecule has 7 heteroatoms. The Hall–Kier alpha value is -1.44. The smallest absolute Gasteiger partial charge is 0.240 e. The maximum Gasteiger partial charge on any atom is 0.240 e. The molecular weight excluding hydrogens is 364 g/mol.